The molecule has 0 radical (unpaired) electrons. The molecule has 1 heterocycles. The van der Waals surface area contributed by atoms with Crippen molar-refractivity contribution in [3.63, 3.8) is 0 Å². The van der Waals surface area contributed by atoms with Crippen molar-refractivity contribution >= 4 is 0 Å². The molecule has 4 rings (SSSR count). The summed E-state index contributed by atoms with van der Waals surface area (Å²) in [5, 5.41) is 0. The maximum atomic E-state index is 6.91. The molecule has 2 nitrogen and oxygen atoms in total. The summed E-state index contributed by atoms with van der Waals surface area (Å²) < 4.78 is 6.91. The second kappa shape index (κ2) is 9.14. The van der Waals surface area contributed by atoms with Gasteiger partial charge in [0.15, 0.2) is 0 Å². The third-order valence-electron chi connectivity index (χ3n) is 7.83. The summed E-state index contributed by atoms with van der Waals surface area (Å²) in [6.45, 7) is 7.50. The molecule has 0 bridgehead atoms. The van der Waals surface area contributed by atoms with Crippen LogP contribution in [-0.2, 0) is 6.42 Å². The molecule has 1 fully saturated rings. The van der Waals surface area contributed by atoms with Crippen LogP contribution in [0.5, 0.6) is 5.75 Å². The molecule has 1 saturated carbocycles. The fraction of sp³-hybridized carbons (Fsp3) is 0.571. The lowest BCUT2D eigenvalue weighted by Crippen LogP contribution is -2.54. The fourth-order valence-corrected chi connectivity index (χ4v) is 6.05. The molecule has 2 aromatic carbocycles. The smallest absolute Gasteiger partial charge is 0.126 e. The molecule has 2 N–H and O–H groups in total. The molecule has 0 amide bonds. The molecule has 0 saturated heterocycles. The lowest BCUT2D eigenvalue weighted by molar-refractivity contribution is -0.0321. The van der Waals surface area contributed by atoms with Crippen molar-refractivity contribution in [1.82, 2.24) is 0 Å². The van der Waals surface area contributed by atoms with Crippen LogP contribution in [0, 0.1) is 25.7 Å². The van der Waals surface area contributed by atoms with Crippen LogP contribution in [0.4, 0.5) is 0 Å². The molecular weight excluding hydrogens is 366 g/mol. The van der Waals surface area contributed by atoms with Gasteiger partial charge in [0.1, 0.15) is 11.4 Å². The standard InChI is InChI=1S/C28H39NO/c1-20-16-22(3)27-25(17-20)26(21(2)14-15-23-10-6-4-7-11-23)18-28(19-29,30-27)24-12-8-5-9-13-24/h4,6-7,10-11,16-17,21,24,26H,5,8-9,12-15,18-19,29H2,1-3H3. The summed E-state index contributed by atoms with van der Waals surface area (Å²) in [6, 6.07) is 15.6. The molecule has 162 valence electrons. The zero-order valence-electron chi connectivity index (χ0n) is 19.1. The van der Waals surface area contributed by atoms with Crippen LogP contribution in [-0.4, -0.2) is 12.1 Å². The second-order valence-corrected chi connectivity index (χ2v) is 10.0. The van der Waals surface area contributed by atoms with Gasteiger partial charge < -0.3 is 10.5 Å². The van der Waals surface area contributed by atoms with Gasteiger partial charge in [0.2, 0.25) is 0 Å². The van der Waals surface area contributed by atoms with Gasteiger partial charge in [0.25, 0.3) is 0 Å². The third-order valence-corrected chi connectivity index (χ3v) is 7.83. The second-order valence-electron chi connectivity index (χ2n) is 10.0. The van der Waals surface area contributed by atoms with Gasteiger partial charge in [-0.2, -0.15) is 0 Å². The van der Waals surface area contributed by atoms with Gasteiger partial charge in [-0.25, -0.2) is 0 Å². The number of rotatable bonds is 6. The first kappa shape index (κ1) is 21.4. The van der Waals surface area contributed by atoms with Crippen molar-refractivity contribution in [2.24, 2.45) is 17.6 Å². The van der Waals surface area contributed by atoms with E-state index < -0.39 is 0 Å². The first-order chi connectivity index (χ1) is 14.5. The Kier molecular flexibility index (Phi) is 6.53. The maximum Gasteiger partial charge on any atom is 0.126 e. The molecule has 2 heteroatoms. The molecule has 0 aromatic heterocycles. The minimum absolute atomic E-state index is 0.195. The van der Waals surface area contributed by atoms with E-state index in [4.69, 9.17) is 10.5 Å². The van der Waals surface area contributed by atoms with Crippen molar-refractivity contribution in [2.75, 3.05) is 6.54 Å². The number of hydrogen-bond donors (Lipinski definition) is 1. The zero-order chi connectivity index (χ0) is 21.1. The van der Waals surface area contributed by atoms with Gasteiger partial charge in [-0.05, 0) is 80.4 Å². The topological polar surface area (TPSA) is 35.2 Å². The lowest BCUT2D eigenvalue weighted by atomic mass is 9.67. The Balaban J connectivity index is 1.65. The number of ether oxygens (including phenoxy) is 1. The first-order valence-corrected chi connectivity index (χ1v) is 12.1. The minimum Gasteiger partial charge on any atom is -0.485 e. The SMILES string of the molecule is Cc1cc(C)c2c(c1)C(C(C)CCc1ccccc1)CC(CN)(C1CCCCC1)O2. The zero-order valence-corrected chi connectivity index (χ0v) is 19.1. The number of benzene rings is 2. The normalized spacial score (nSPS) is 25.4. The van der Waals surface area contributed by atoms with Crippen LogP contribution < -0.4 is 10.5 Å². The third kappa shape index (κ3) is 4.30. The molecule has 3 unspecified atom stereocenters. The van der Waals surface area contributed by atoms with E-state index in [1.165, 1.54) is 60.8 Å². The van der Waals surface area contributed by atoms with E-state index in [1.807, 2.05) is 0 Å². The molecule has 1 aliphatic heterocycles. The lowest BCUT2D eigenvalue weighted by Gasteiger charge is -2.49. The van der Waals surface area contributed by atoms with Crippen molar-refractivity contribution in [3.05, 3.63) is 64.7 Å². The average Bonchev–Trinajstić information content (AvgIpc) is 2.78. The van der Waals surface area contributed by atoms with E-state index in [0.29, 0.717) is 24.3 Å². The highest BCUT2D eigenvalue weighted by Crippen LogP contribution is 2.51. The summed E-state index contributed by atoms with van der Waals surface area (Å²) in [5.74, 6) is 2.85. The highest BCUT2D eigenvalue weighted by molar-refractivity contribution is 5.48. The van der Waals surface area contributed by atoms with E-state index in [9.17, 15) is 0 Å². The van der Waals surface area contributed by atoms with Crippen molar-refractivity contribution in [3.8, 4) is 5.75 Å². The Hall–Kier alpha value is -1.80. The maximum absolute atomic E-state index is 6.91. The molecule has 0 spiro atoms. The Bertz CT molecular complexity index is 839. The Labute approximate surface area is 183 Å². The van der Waals surface area contributed by atoms with Crippen LogP contribution in [0.15, 0.2) is 42.5 Å². The van der Waals surface area contributed by atoms with Gasteiger partial charge in [-0.15, -0.1) is 0 Å². The van der Waals surface area contributed by atoms with Crippen molar-refractivity contribution in [1.29, 1.82) is 0 Å². The summed E-state index contributed by atoms with van der Waals surface area (Å²) in [6.07, 6.45) is 9.95. The number of aryl methyl sites for hydroxylation is 3. The summed E-state index contributed by atoms with van der Waals surface area (Å²) in [4.78, 5) is 0. The van der Waals surface area contributed by atoms with Gasteiger partial charge in [-0.3, -0.25) is 0 Å². The Morgan fingerprint density at radius 3 is 2.50 bits per heavy atom. The monoisotopic (exact) mass is 405 g/mol. The molecule has 3 atom stereocenters. The van der Waals surface area contributed by atoms with Crippen LogP contribution in [0.25, 0.3) is 0 Å². The fourth-order valence-electron chi connectivity index (χ4n) is 6.05. The average molecular weight is 406 g/mol. The predicted octanol–water partition coefficient (Wildman–Crippen LogP) is 6.72. The van der Waals surface area contributed by atoms with Crippen molar-refractivity contribution < 1.29 is 4.74 Å². The number of fused-ring (bicyclic) bond motifs is 1. The predicted molar refractivity (Wildman–Crippen MR) is 126 cm³/mol. The molecular formula is C28H39NO. The largest absolute Gasteiger partial charge is 0.485 e. The van der Waals surface area contributed by atoms with Gasteiger partial charge in [0.05, 0.1) is 0 Å². The van der Waals surface area contributed by atoms with Crippen LogP contribution in [0.1, 0.15) is 80.0 Å². The van der Waals surface area contributed by atoms with E-state index in [1.54, 1.807) is 0 Å². The molecule has 1 aliphatic carbocycles. The van der Waals surface area contributed by atoms with E-state index in [0.717, 1.165) is 18.6 Å². The van der Waals surface area contributed by atoms with Crippen LogP contribution in [0.3, 0.4) is 0 Å². The van der Waals surface area contributed by atoms with E-state index in [-0.39, 0.29) is 5.60 Å². The van der Waals surface area contributed by atoms with Gasteiger partial charge in [-0.1, -0.05) is 74.2 Å². The quantitative estimate of drug-likeness (QED) is 0.579. The summed E-state index contributed by atoms with van der Waals surface area (Å²) in [5.41, 5.74) is 11.8. The van der Waals surface area contributed by atoms with Gasteiger partial charge >= 0.3 is 0 Å². The Morgan fingerprint density at radius 2 is 1.80 bits per heavy atom. The number of hydrogen-bond acceptors (Lipinski definition) is 2. The summed E-state index contributed by atoms with van der Waals surface area (Å²) >= 11 is 0. The molecule has 2 aromatic rings. The number of nitrogens with two attached hydrogens (primary N) is 1. The van der Waals surface area contributed by atoms with Gasteiger partial charge in [0, 0.05) is 6.54 Å². The van der Waals surface area contributed by atoms with Crippen LogP contribution >= 0.6 is 0 Å². The molecule has 30 heavy (non-hydrogen) atoms. The van der Waals surface area contributed by atoms with Crippen molar-refractivity contribution in [2.45, 2.75) is 83.7 Å². The Morgan fingerprint density at radius 1 is 1.07 bits per heavy atom. The van der Waals surface area contributed by atoms with E-state index >= 15 is 0 Å². The van der Waals surface area contributed by atoms with E-state index in [2.05, 4.69) is 63.2 Å². The summed E-state index contributed by atoms with van der Waals surface area (Å²) in [7, 11) is 0. The minimum atomic E-state index is -0.195. The highest BCUT2D eigenvalue weighted by atomic mass is 16.5. The highest BCUT2D eigenvalue weighted by Gasteiger charge is 2.47. The van der Waals surface area contributed by atoms with Crippen LogP contribution in [0.2, 0.25) is 0 Å². The first-order valence-electron chi connectivity index (χ1n) is 12.1. The molecule has 2 aliphatic rings.